The monoisotopic (exact) mass is 356 g/mol. The van der Waals surface area contributed by atoms with Gasteiger partial charge in [0, 0.05) is 16.1 Å². The summed E-state index contributed by atoms with van der Waals surface area (Å²) in [4.78, 5) is 9.28. The Labute approximate surface area is 154 Å². The number of benzene rings is 2. The standard InChI is InChI=1S/C20H21ClN2S/c1-13(2)12-20(24)14(3)22-18-10-9-16(21)11-17(18)19(23-20)15-7-5-4-6-8-15/h4-11,13,24H,12H2,1-3H3. The molecule has 1 unspecified atom stereocenters. The molecular formula is C20H21ClN2S. The molecule has 1 heterocycles. The van der Waals surface area contributed by atoms with Crippen LogP contribution in [0.2, 0.25) is 5.02 Å². The minimum atomic E-state index is -0.620. The minimum Gasteiger partial charge on any atom is -0.261 e. The molecule has 0 spiro atoms. The van der Waals surface area contributed by atoms with Gasteiger partial charge in [0.15, 0.2) is 0 Å². The molecule has 124 valence electrons. The number of rotatable bonds is 3. The van der Waals surface area contributed by atoms with E-state index in [4.69, 9.17) is 34.2 Å². The smallest absolute Gasteiger partial charge is 0.142 e. The Kier molecular flexibility index (Phi) is 4.84. The molecule has 0 amide bonds. The summed E-state index contributed by atoms with van der Waals surface area (Å²) in [6, 6.07) is 15.9. The summed E-state index contributed by atoms with van der Waals surface area (Å²) in [5.74, 6) is 0.457. The van der Waals surface area contributed by atoms with Gasteiger partial charge in [-0.2, -0.15) is 0 Å². The number of hydrogen-bond acceptors (Lipinski definition) is 3. The van der Waals surface area contributed by atoms with Crippen LogP contribution < -0.4 is 0 Å². The zero-order chi connectivity index (χ0) is 17.3. The number of hydrogen-bond donors (Lipinski definition) is 1. The molecular weight excluding hydrogens is 336 g/mol. The maximum atomic E-state index is 6.25. The van der Waals surface area contributed by atoms with Crippen LogP contribution in [0.25, 0.3) is 0 Å². The number of fused-ring (bicyclic) bond motifs is 1. The summed E-state index contributed by atoms with van der Waals surface area (Å²) >= 11 is 11.2. The highest BCUT2D eigenvalue weighted by Crippen LogP contribution is 2.36. The third-order valence-corrected chi connectivity index (χ3v) is 4.96. The SMILES string of the molecule is CC1=Nc2ccc(Cl)cc2C(c2ccccc2)=NC1(S)CC(C)C. The van der Waals surface area contributed by atoms with Gasteiger partial charge in [-0.15, -0.1) is 12.6 Å². The Balaban J connectivity index is 2.27. The van der Waals surface area contributed by atoms with Crippen LogP contribution in [0.15, 0.2) is 58.5 Å². The van der Waals surface area contributed by atoms with Crippen LogP contribution in [0.3, 0.4) is 0 Å². The van der Waals surface area contributed by atoms with Crippen molar-refractivity contribution in [1.29, 1.82) is 0 Å². The normalized spacial score (nSPS) is 20.2. The van der Waals surface area contributed by atoms with Crippen LogP contribution in [-0.4, -0.2) is 16.3 Å². The summed E-state index contributed by atoms with van der Waals surface area (Å²) in [5, 5.41) is 0.681. The van der Waals surface area contributed by atoms with Crippen molar-refractivity contribution in [3.8, 4) is 0 Å². The second-order valence-corrected chi connectivity index (χ2v) is 7.78. The van der Waals surface area contributed by atoms with E-state index in [1.807, 2.05) is 43.3 Å². The van der Waals surface area contributed by atoms with Crippen molar-refractivity contribution in [2.75, 3.05) is 0 Å². The molecule has 1 atom stereocenters. The van der Waals surface area contributed by atoms with Gasteiger partial charge in [-0.25, -0.2) is 0 Å². The van der Waals surface area contributed by atoms with Gasteiger partial charge in [-0.3, -0.25) is 9.98 Å². The molecule has 1 aliphatic rings. The van der Waals surface area contributed by atoms with Crippen LogP contribution in [-0.2, 0) is 0 Å². The molecule has 2 nitrogen and oxygen atoms in total. The quantitative estimate of drug-likeness (QED) is 0.657. The average Bonchev–Trinajstić information content (AvgIpc) is 2.64. The van der Waals surface area contributed by atoms with E-state index >= 15 is 0 Å². The first-order valence-electron chi connectivity index (χ1n) is 8.12. The summed E-state index contributed by atoms with van der Waals surface area (Å²) in [5.41, 5.74) is 4.69. The largest absolute Gasteiger partial charge is 0.261 e. The van der Waals surface area contributed by atoms with Gasteiger partial charge >= 0.3 is 0 Å². The number of halogens is 1. The van der Waals surface area contributed by atoms with Crippen LogP contribution in [0.4, 0.5) is 5.69 Å². The lowest BCUT2D eigenvalue weighted by atomic mass is 9.98. The third kappa shape index (κ3) is 3.42. The van der Waals surface area contributed by atoms with Gasteiger partial charge in [0.2, 0.25) is 0 Å². The van der Waals surface area contributed by atoms with E-state index in [9.17, 15) is 0 Å². The maximum Gasteiger partial charge on any atom is 0.142 e. The first kappa shape index (κ1) is 17.2. The van der Waals surface area contributed by atoms with Gasteiger partial charge in [-0.1, -0.05) is 55.8 Å². The van der Waals surface area contributed by atoms with Crippen molar-refractivity contribution in [2.24, 2.45) is 15.9 Å². The van der Waals surface area contributed by atoms with E-state index in [0.717, 1.165) is 34.7 Å². The molecule has 0 saturated carbocycles. The molecule has 0 N–H and O–H groups in total. The fraction of sp³-hybridized carbons (Fsp3) is 0.300. The van der Waals surface area contributed by atoms with Crippen molar-refractivity contribution >= 4 is 41.3 Å². The Morgan fingerprint density at radius 2 is 1.83 bits per heavy atom. The second-order valence-electron chi connectivity index (χ2n) is 6.60. The summed E-state index contributed by atoms with van der Waals surface area (Å²) in [7, 11) is 0. The van der Waals surface area contributed by atoms with Gasteiger partial charge in [0.1, 0.15) is 4.87 Å². The van der Waals surface area contributed by atoms with Crippen molar-refractivity contribution in [3.05, 3.63) is 64.7 Å². The fourth-order valence-electron chi connectivity index (χ4n) is 2.97. The fourth-order valence-corrected chi connectivity index (χ4v) is 3.66. The maximum absolute atomic E-state index is 6.25. The van der Waals surface area contributed by atoms with E-state index in [2.05, 4.69) is 26.0 Å². The minimum absolute atomic E-state index is 0.457. The van der Waals surface area contributed by atoms with Gasteiger partial charge in [-0.05, 0) is 37.5 Å². The highest BCUT2D eigenvalue weighted by molar-refractivity contribution is 7.82. The summed E-state index contributed by atoms with van der Waals surface area (Å²) in [6.45, 7) is 6.36. The van der Waals surface area contributed by atoms with Crippen LogP contribution in [0.5, 0.6) is 0 Å². The zero-order valence-electron chi connectivity index (χ0n) is 14.1. The zero-order valence-corrected chi connectivity index (χ0v) is 15.8. The van der Waals surface area contributed by atoms with E-state index in [1.54, 1.807) is 0 Å². The van der Waals surface area contributed by atoms with E-state index in [1.165, 1.54) is 0 Å². The van der Waals surface area contributed by atoms with Crippen LogP contribution in [0.1, 0.15) is 38.3 Å². The number of nitrogens with zero attached hydrogens (tertiary/aromatic N) is 2. The van der Waals surface area contributed by atoms with Gasteiger partial charge in [0.05, 0.1) is 17.1 Å². The van der Waals surface area contributed by atoms with Gasteiger partial charge < -0.3 is 0 Å². The Morgan fingerprint density at radius 3 is 2.50 bits per heavy atom. The molecule has 0 radical (unpaired) electrons. The number of thiol groups is 1. The van der Waals surface area contributed by atoms with E-state index in [-0.39, 0.29) is 0 Å². The summed E-state index contributed by atoms with van der Waals surface area (Å²) < 4.78 is 0. The van der Waals surface area contributed by atoms with E-state index < -0.39 is 4.87 Å². The molecule has 1 aliphatic heterocycles. The lowest BCUT2D eigenvalue weighted by molar-refractivity contribution is 0.539. The first-order valence-corrected chi connectivity index (χ1v) is 8.95. The predicted molar refractivity (Wildman–Crippen MR) is 107 cm³/mol. The van der Waals surface area contributed by atoms with Gasteiger partial charge in [0.25, 0.3) is 0 Å². The molecule has 24 heavy (non-hydrogen) atoms. The summed E-state index contributed by atoms with van der Waals surface area (Å²) in [6.07, 6.45) is 0.823. The molecule has 0 bridgehead atoms. The molecule has 2 aromatic carbocycles. The molecule has 0 fully saturated rings. The molecule has 0 aromatic heterocycles. The molecule has 0 saturated heterocycles. The Hall–Kier alpha value is -1.58. The Bertz CT molecular complexity index is 812. The molecule has 3 rings (SSSR count). The molecule has 2 aromatic rings. The second kappa shape index (κ2) is 6.73. The van der Waals surface area contributed by atoms with Crippen molar-refractivity contribution < 1.29 is 0 Å². The predicted octanol–water partition coefficient (Wildman–Crippen LogP) is 5.96. The first-order chi connectivity index (χ1) is 11.4. The van der Waals surface area contributed by atoms with Crippen molar-refractivity contribution in [2.45, 2.75) is 32.1 Å². The lowest BCUT2D eigenvalue weighted by Crippen LogP contribution is -2.31. The van der Waals surface area contributed by atoms with E-state index in [0.29, 0.717) is 10.9 Å². The lowest BCUT2D eigenvalue weighted by Gasteiger charge is -2.26. The van der Waals surface area contributed by atoms with Crippen molar-refractivity contribution in [1.82, 2.24) is 0 Å². The third-order valence-electron chi connectivity index (χ3n) is 4.12. The highest BCUT2D eigenvalue weighted by Gasteiger charge is 2.33. The molecule has 0 aliphatic carbocycles. The topological polar surface area (TPSA) is 24.7 Å². The van der Waals surface area contributed by atoms with Crippen LogP contribution >= 0.6 is 24.2 Å². The van der Waals surface area contributed by atoms with Crippen LogP contribution in [0, 0.1) is 5.92 Å². The molecule has 4 heteroatoms. The highest BCUT2D eigenvalue weighted by atomic mass is 35.5. The Morgan fingerprint density at radius 1 is 1.12 bits per heavy atom. The van der Waals surface area contributed by atoms with Crippen molar-refractivity contribution in [3.63, 3.8) is 0 Å². The average molecular weight is 357 g/mol. The number of aliphatic imine (C=N–C) groups is 2.